The number of methoxy groups -OCH3 is 1. The van der Waals surface area contributed by atoms with Gasteiger partial charge in [-0.3, -0.25) is 28.9 Å². The predicted octanol–water partition coefficient (Wildman–Crippen LogP) is 7.30. The normalized spacial score (nSPS) is 27.7. The Kier molecular flexibility index (Phi) is 8.40. The lowest BCUT2D eigenvalue weighted by Crippen LogP contribution is -2.60. The second-order valence-electron chi connectivity index (χ2n) is 13.6. The molecule has 4 aliphatic rings. The van der Waals surface area contributed by atoms with Crippen molar-refractivity contribution in [1.29, 1.82) is 0 Å². The van der Waals surface area contributed by atoms with Crippen LogP contribution in [0.3, 0.4) is 0 Å². The summed E-state index contributed by atoms with van der Waals surface area (Å²) in [7, 11) is 1.35. The number of nitrogens with zero attached hydrogens (tertiary/aromatic N) is 2. The standard InChI is InChI=1S/C40H28BrCl2FN2O7/c1-53-30-18-22(41)17-28(34(30)48)32-26-15-16-27-31(29(26)19-39(42)37(51)46(38(52)40(32,39)43)25-13-9-23(44)10-14-25)36(50)45(35(27)49)24-11-7-21(8-12-24)33(47)20-5-3-2-4-6-20/h2-15,17-18,27,29,31-32,48H,16,19H2,1H3/t27-,29+,31-,32+,39+,40-/m0/s1. The smallest absolute Gasteiger partial charge is 0.258 e. The molecule has 9 nitrogen and oxygen atoms in total. The van der Waals surface area contributed by atoms with E-state index >= 15 is 0 Å². The van der Waals surface area contributed by atoms with E-state index in [0.717, 1.165) is 21.9 Å². The number of carbonyl (C=O) groups excluding carboxylic acids is 5. The lowest BCUT2D eigenvalue weighted by Gasteiger charge is -2.50. The number of ether oxygens (including phenoxy) is 1. The number of fused-ring (bicyclic) bond motifs is 4. The van der Waals surface area contributed by atoms with Crippen molar-refractivity contribution in [1.82, 2.24) is 0 Å². The van der Waals surface area contributed by atoms with Crippen LogP contribution >= 0.6 is 39.1 Å². The maximum absolute atomic E-state index is 14.6. The van der Waals surface area contributed by atoms with E-state index in [1.54, 1.807) is 66.7 Å². The van der Waals surface area contributed by atoms with Gasteiger partial charge in [0.15, 0.2) is 27.0 Å². The summed E-state index contributed by atoms with van der Waals surface area (Å²) in [4.78, 5) is 68.2. The summed E-state index contributed by atoms with van der Waals surface area (Å²) in [5, 5.41) is 11.6. The minimum absolute atomic E-state index is 0.0351. The zero-order valence-corrected chi connectivity index (χ0v) is 30.9. The molecule has 0 aromatic heterocycles. The number of alkyl halides is 2. The van der Waals surface area contributed by atoms with E-state index in [-0.39, 0.29) is 47.1 Å². The molecule has 13 heteroatoms. The van der Waals surface area contributed by atoms with Gasteiger partial charge >= 0.3 is 0 Å². The molecule has 2 aliphatic carbocycles. The number of hydrogen-bond donors (Lipinski definition) is 1. The topological polar surface area (TPSA) is 121 Å². The first-order valence-electron chi connectivity index (χ1n) is 16.7. The molecule has 6 atom stereocenters. The summed E-state index contributed by atoms with van der Waals surface area (Å²) < 4.78 is 19.8. The summed E-state index contributed by atoms with van der Waals surface area (Å²) in [5.74, 6) is -7.91. The van der Waals surface area contributed by atoms with Crippen molar-refractivity contribution in [2.24, 2.45) is 17.8 Å². The highest BCUT2D eigenvalue weighted by Crippen LogP contribution is 2.67. The summed E-state index contributed by atoms with van der Waals surface area (Å²) in [6, 6.07) is 22.7. The van der Waals surface area contributed by atoms with Crippen molar-refractivity contribution in [3.05, 3.63) is 130 Å². The minimum atomic E-state index is -2.25. The van der Waals surface area contributed by atoms with Gasteiger partial charge in [0, 0.05) is 27.1 Å². The Morgan fingerprint density at radius 3 is 2.13 bits per heavy atom. The number of phenols is 1. The fourth-order valence-electron chi connectivity index (χ4n) is 8.49. The lowest BCUT2D eigenvalue weighted by atomic mass is 9.56. The van der Waals surface area contributed by atoms with Gasteiger partial charge in [-0.2, -0.15) is 0 Å². The van der Waals surface area contributed by atoms with E-state index in [1.807, 2.05) is 0 Å². The molecule has 2 heterocycles. The molecule has 53 heavy (non-hydrogen) atoms. The SMILES string of the molecule is COc1cc(Br)cc([C@H]2C3=CC[C@@H]4C(=O)N(c5ccc(C(=O)c6ccccc6)cc5)C(=O)[C@@H]4[C@@H]3C[C@@]3(Cl)C(=O)N(c4ccc(F)cc4)C(=O)[C@@]23Cl)c1O. The van der Waals surface area contributed by atoms with Crippen LogP contribution in [0.1, 0.15) is 40.2 Å². The van der Waals surface area contributed by atoms with Gasteiger partial charge in [0.25, 0.3) is 11.8 Å². The first kappa shape index (κ1) is 35.2. The predicted molar refractivity (Wildman–Crippen MR) is 198 cm³/mol. The number of allylic oxidation sites excluding steroid dienone is 2. The fraction of sp³-hybridized carbons (Fsp3) is 0.225. The number of rotatable bonds is 6. The number of amides is 4. The quantitative estimate of drug-likeness (QED) is 0.0939. The van der Waals surface area contributed by atoms with Gasteiger partial charge in [-0.15, -0.1) is 23.2 Å². The zero-order chi connectivity index (χ0) is 37.6. The third-order valence-corrected chi connectivity index (χ3v) is 12.8. The Hall–Kier alpha value is -4.84. The number of carbonyl (C=O) groups is 5. The monoisotopic (exact) mass is 816 g/mol. The average Bonchev–Trinajstić information content (AvgIpc) is 3.50. The highest BCUT2D eigenvalue weighted by atomic mass is 79.9. The van der Waals surface area contributed by atoms with Crippen LogP contribution in [0.5, 0.6) is 11.5 Å². The van der Waals surface area contributed by atoms with E-state index in [2.05, 4.69) is 15.9 Å². The van der Waals surface area contributed by atoms with Crippen molar-refractivity contribution < 1.29 is 38.2 Å². The molecule has 268 valence electrons. The maximum Gasteiger partial charge on any atom is 0.258 e. The van der Waals surface area contributed by atoms with Crippen LogP contribution in [0.25, 0.3) is 0 Å². The lowest BCUT2D eigenvalue weighted by molar-refractivity contribution is -0.125. The first-order valence-corrected chi connectivity index (χ1v) is 18.2. The largest absolute Gasteiger partial charge is 0.504 e. The van der Waals surface area contributed by atoms with Crippen LogP contribution in [-0.4, -0.2) is 51.4 Å². The molecule has 0 radical (unpaired) electrons. The van der Waals surface area contributed by atoms with Gasteiger partial charge in [-0.1, -0.05) is 57.9 Å². The number of ketones is 1. The number of anilines is 2. The molecule has 4 aromatic carbocycles. The number of hydrogen-bond acceptors (Lipinski definition) is 7. The molecule has 8 rings (SSSR count). The molecule has 2 saturated heterocycles. The Morgan fingerprint density at radius 1 is 0.849 bits per heavy atom. The number of halogens is 4. The van der Waals surface area contributed by atoms with Gasteiger partial charge in [0.1, 0.15) is 5.82 Å². The minimum Gasteiger partial charge on any atom is -0.504 e. The van der Waals surface area contributed by atoms with E-state index in [9.17, 15) is 33.5 Å². The van der Waals surface area contributed by atoms with Crippen molar-refractivity contribution in [2.75, 3.05) is 16.9 Å². The molecule has 4 aromatic rings. The number of benzene rings is 4. The van der Waals surface area contributed by atoms with Crippen LogP contribution in [0.2, 0.25) is 0 Å². The van der Waals surface area contributed by atoms with Crippen LogP contribution in [0.15, 0.2) is 107 Å². The number of imide groups is 2. The van der Waals surface area contributed by atoms with Crippen molar-refractivity contribution in [2.45, 2.75) is 28.5 Å². The Labute approximate surface area is 321 Å². The van der Waals surface area contributed by atoms with E-state index in [1.165, 1.54) is 25.3 Å². The van der Waals surface area contributed by atoms with Gasteiger partial charge in [0.2, 0.25) is 11.8 Å². The first-order chi connectivity index (χ1) is 25.3. The average molecular weight is 818 g/mol. The Morgan fingerprint density at radius 2 is 1.47 bits per heavy atom. The molecular weight excluding hydrogens is 790 g/mol. The zero-order valence-electron chi connectivity index (χ0n) is 27.8. The molecule has 0 unspecified atom stereocenters. The summed E-state index contributed by atoms with van der Waals surface area (Å²) >= 11 is 18.3. The highest BCUT2D eigenvalue weighted by molar-refractivity contribution is 9.10. The van der Waals surface area contributed by atoms with E-state index in [4.69, 9.17) is 27.9 Å². The van der Waals surface area contributed by atoms with Gasteiger partial charge in [-0.05, 0) is 79.4 Å². The highest BCUT2D eigenvalue weighted by Gasteiger charge is 2.77. The van der Waals surface area contributed by atoms with Crippen LogP contribution in [0.4, 0.5) is 15.8 Å². The van der Waals surface area contributed by atoms with Crippen molar-refractivity contribution in [3.8, 4) is 11.5 Å². The van der Waals surface area contributed by atoms with E-state index in [0.29, 0.717) is 21.2 Å². The van der Waals surface area contributed by atoms with Crippen LogP contribution in [-0.2, 0) is 19.2 Å². The van der Waals surface area contributed by atoms with Gasteiger partial charge in [0.05, 0.1) is 30.3 Å². The van der Waals surface area contributed by atoms with Crippen LogP contribution in [0, 0.1) is 23.6 Å². The van der Waals surface area contributed by atoms with E-state index < -0.39 is 62.9 Å². The summed E-state index contributed by atoms with van der Waals surface area (Å²) in [5.41, 5.74) is 1.74. The second-order valence-corrected chi connectivity index (χ2v) is 15.7. The maximum atomic E-state index is 14.6. The molecule has 1 N–H and O–H groups in total. The van der Waals surface area contributed by atoms with Crippen molar-refractivity contribution >= 4 is 79.9 Å². The Bertz CT molecular complexity index is 2290. The third kappa shape index (κ3) is 5.04. The van der Waals surface area contributed by atoms with Gasteiger partial charge in [-0.25, -0.2) is 9.29 Å². The molecule has 3 fully saturated rings. The third-order valence-electron chi connectivity index (χ3n) is 10.9. The molecule has 0 bridgehead atoms. The molecular formula is C40H28BrCl2FN2O7. The fourth-order valence-corrected chi connectivity index (χ4v) is 9.87. The van der Waals surface area contributed by atoms with Crippen LogP contribution < -0.4 is 14.5 Å². The summed E-state index contributed by atoms with van der Waals surface area (Å²) in [6.07, 6.45) is 1.54. The second kappa shape index (κ2) is 12.6. The van der Waals surface area contributed by atoms with Crippen molar-refractivity contribution in [3.63, 3.8) is 0 Å². The number of aromatic hydroxyl groups is 1. The molecule has 1 saturated carbocycles. The number of phenolic OH excluding ortho intramolecular Hbond substituents is 1. The van der Waals surface area contributed by atoms with Gasteiger partial charge < -0.3 is 9.84 Å². The molecule has 4 amide bonds. The summed E-state index contributed by atoms with van der Waals surface area (Å²) in [6.45, 7) is 0. The molecule has 0 spiro atoms. The molecule has 2 aliphatic heterocycles. The Balaban J connectivity index is 1.23.